The van der Waals surface area contributed by atoms with Crippen LogP contribution in [0.5, 0.6) is 0 Å². The Kier molecular flexibility index (Phi) is 4.35. The van der Waals surface area contributed by atoms with Gasteiger partial charge in [-0.15, -0.1) is 0 Å². The lowest BCUT2D eigenvalue weighted by molar-refractivity contribution is -0.137. The summed E-state index contributed by atoms with van der Waals surface area (Å²) in [6.45, 7) is 0.446. The first kappa shape index (κ1) is 15.2. The molecule has 0 unspecified atom stereocenters. The number of pyridine rings is 1. The van der Waals surface area contributed by atoms with E-state index in [0.29, 0.717) is 6.54 Å². The average Bonchev–Trinajstić information content (AvgIpc) is 2.45. The average molecular weight is 295 g/mol. The Morgan fingerprint density at radius 2 is 1.71 bits per heavy atom. The van der Waals surface area contributed by atoms with Crippen molar-refractivity contribution in [2.75, 3.05) is 24.3 Å². The Morgan fingerprint density at radius 3 is 2.19 bits per heavy atom. The number of alkyl halides is 3. The molecule has 0 saturated heterocycles. The summed E-state index contributed by atoms with van der Waals surface area (Å²) in [6.07, 6.45) is -2.60. The van der Waals surface area contributed by atoms with Gasteiger partial charge in [-0.3, -0.25) is 0 Å². The lowest BCUT2D eigenvalue weighted by atomic mass is 10.1. The second-order valence-electron chi connectivity index (χ2n) is 4.85. The minimum absolute atomic E-state index is 0.446. The molecule has 0 atom stereocenters. The topological polar surface area (TPSA) is 28.2 Å². The van der Waals surface area contributed by atoms with Crippen LogP contribution in [0.2, 0.25) is 0 Å². The third-order valence-electron chi connectivity index (χ3n) is 2.98. The van der Waals surface area contributed by atoms with Gasteiger partial charge >= 0.3 is 6.18 Å². The molecule has 1 N–H and O–H groups in total. The highest BCUT2D eigenvalue weighted by molar-refractivity contribution is 5.48. The summed E-state index contributed by atoms with van der Waals surface area (Å²) < 4.78 is 37.3. The fourth-order valence-electron chi connectivity index (χ4n) is 1.77. The van der Waals surface area contributed by atoms with E-state index >= 15 is 0 Å². The van der Waals surface area contributed by atoms with Crippen molar-refractivity contribution < 1.29 is 13.2 Å². The second kappa shape index (κ2) is 6.03. The van der Waals surface area contributed by atoms with E-state index < -0.39 is 11.7 Å². The van der Waals surface area contributed by atoms with Gasteiger partial charge in [0.15, 0.2) is 0 Å². The summed E-state index contributed by atoms with van der Waals surface area (Å²) in [5.41, 5.74) is 0.962. The van der Waals surface area contributed by atoms with Crippen molar-refractivity contribution >= 4 is 11.5 Å². The van der Waals surface area contributed by atoms with Crippen molar-refractivity contribution in [2.24, 2.45) is 0 Å². The summed E-state index contributed by atoms with van der Waals surface area (Å²) in [7, 11) is 3.80. The molecule has 6 heteroatoms. The molecule has 0 saturated carbocycles. The van der Waals surface area contributed by atoms with Gasteiger partial charge in [0.2, 0.25) is 0 Å². The van der Waals surface area contributed by atoms with E-state index in [4.69, 9.17) is 0 Å². The van der Waals surface area contributed by atoms with Crippen molar-refractivity contribution in [1.82, 2.24) is 4.98 Å². The van der Waals surface area contributed by atoms with Crippen LogP contribution in [0.4, 0.5) is 24.7 Å². The number of benzene rings is 1. The zero-order chi connectivity index (χ0) is 15.5. The van der Waals surface area contributed by atoms with E-state index in [-0.39, 0.29) is 0 Å². The predicted octanol–water partition coefficient (Wildman–Crippen LogP) is 3.78. The number of nitrogens with one attached hydrogen (secondary N) is 1. The number of hydrogen-bond acceptors (Lipinski definition) is 3. The zero-order valence-electron chi connectivity index (χ0n) is 11.8. The summed E-state index contributed by atoms with van der Waals surface area (Å²) in [6, 6.07) is 8.87. The minimum atomic E-state index is -4.29. The van der Waals surface area contributed by atoms with Crippen LogP contribution in [0, 0.1) is 0 Å². The molecule has 2 aromatic rings. The lowest BCUT2D eigenvalue weighted by Crippen LogP contribution is -2.10. The SMILES string of the molecule is CN(C)c1ccc(NCc2ccc(C(F)(F)F)cc2)cn1. The van der Waals surface area contributed by atoms with Crippen molar-refractivity contribution in [3.05, 3.63) is 53.7 Å². The number of anilines is 2. The molecule has 0 bridgehead atoms. The van der Waals surface area contributed by atoms with Crippen LogP contribution in [-0.4, -0.2) is 19.1 Å². The fourth-order valence-corrected chi connectivity index (χ4v) is 1.77. The van der Waals surface area contributed by atoms with Crippen molar-refractivity contribution in [3.8, 4) is 0 Å². The minimum Gasteiger partial charge on any atom is -0.380 e. The molecular formula is C15H16F3N3. The van der Waals surface area contributed by atoms with E-state index in [1.54, 1.807) is 6.20 Å². The first-order chi connectivity index (χ1) is 9.86. The normalized spacial score (nSPS) is 11.3. The molecule has 21 heavy (non-hydrogen) atoms. The Morgan fingerprint density at radius 1 is 1.05 bits per heavy atom. The number of nitrogens with zero attached hydrogens (tertiary/aromatic N) is 2. The van der Waals surface area contributed by atoms with Crippen LogP contribution < -0.4 is 10.2 Å². The molecule has 0 spiro atoms. The molecule has 0 aliphatic heterocycles. The predicted molar refractivity (Wildman–Crippen MR) is 77.3 cm³/mol. The molecule has 3 nitrogen and oxygen atoms in total. The molecule has 0 radical (unpaired) electrons. The summed E-state index contributed by atoms with van der Waals surface area (Å²) >= 11 is 0. The van der Waals surface area contributed by atoms with E-state index in [9.17, 15) is 13.2 Å². The van der Waals surface area contributed by atoms with Gasteiger partial charge in [0.1, 0.15) is 5.82 Å². The van der Waals surface area contributed by atoms with Gasteiger partial charge in [-0.2, -0.15) is 13.2 Å². The van der Waals surface area contributed by atoms with Gasteiger partial charge in [-0.1, -0.05) is 12.1 Å². The first-order valence-electron chi connectivity index (χ1n) is 6.39. The van der Waals surface area contributed by atoms with Gasteiger partial charge in [0, 0.05) is 20.6 Å². The van der Waals surface area contributed by atoms with E-state index in [1.807, 2.05) is 31.1 Å². The van der Waals surface area contributed by atoms with Gasteiger partial charge in [0.05, 0.1) is 17.4 Å². The van der Waals surface area contributed by atoms with Gasteiger partial charge in [-0.05, 0) is 29.8 Å². The molecule has 0 fully saturated rings. The van der Waals surface area contributed by atoms with Crippen LogP contribution in [0.1, 0.15) is 11.1 Å². The van der Waals surface area contributed by atoms with Crippen LogP contribution in [0.15, 0.2) is 42.6 Å². The quantitative estimate of drug-likeness (QED) is 0.930. The number of aromatic nitrogens is 1. The Bertz CT molecular complexity index is 575. The van der Waals surface area contributed by atoms with Crippen LogP contribution in [-0.2, 0) is 12.7 Å². The second-order valence-corrected chi connectivity index (χ2v) is 4.85. The van der Waals surface area contributed by atoms with Crippen molar-refractivity contribution in [3.63, 3.8) is 0 Å². The molecule has 0 aliphatic carbocycles. The number of halogens is 3. The summed E-state index contributed by atoms with van der Waals surface area (Å²) in [5.74, 6) is 0.843. The molecule has 0 amide bonds. The maximum absolute atomic E-state index is 12.4. The van der Waals surface area contributed by atoms with E-state index in [2.05, 4.69) is 10.3 Å². The number of hydrogen-bond donors (Lipinski definition) is 1. The molecule has 112 valence electrons. The maximum atomic E-state index is 12.4. The van der Waals surface area contributed by atoms with E-state index in [1.165, 1.54) is 12.1 Å². The Hall–Kier alpha value is -2.24. The highest BCUT2D eigenvalue weighted by Crippen LogP contribution is 2.29. The van der Waals surface area contributed by atoms with Crippen LogP contribution in [0.3, 0.4) is 0 Å². The molecule has 1 aromatic heterocycles. The highest BCUT2D eigenvalue weighted by Gasteiger charge is 2.29. The first-order valence-corrected chi connectivity index (χ1v) is 6.39. The lowest BCUT2D eigenvalue weighted by Gasteiger charge is -2.12. The molecule has 1 aromatic carbocycles. The van der Waals surface area contributed by atoms with E-state index in [0.717, 1.165) is 29.2 Å². The third kappa shape index (κ3) is 4.11. The smallest absolute Gasteiger partial charge is 0.380 e. The van der Waals surface area contributed by atoms with Crippen LogP contribution >= 0.6 is 0 Å². The summed E-state index contributed by atoms with van der Waals surface area (Å²) in [5, 5.41) is 3.12. The number of rotatable bonds is 4. The van der Waals surface area contributed by atoms with Gasteiger partial charge < -0.3 is 10.2 Å². The Balaban J connectivity index is 1.96. The van der Waals surface area contributed by atoms with Crippen molar-refractivity contribution in [1.29, 1.82) is 0 Å². The monoisotopic (exact) mass is 295 g/mol. The zero-order valence-corrected chi connectivity index (χ0v) is 11.8. The standard InChI is InChI=1S/C15H16F3N3/c1-21(2)14-8-7-13(10-20-14)19-9-11-3-5-12(6-4-11)15(16,17)18/h3-8,10,19H,9H2,1-2H3. The fraction of sp³-hybridized carbons (Fsp3) is 0.267. The summed E-state index contributed by atoms with van der Waals surface area (Å²) in [4.78, 5) is 6.14. The molecule has 1 heterocycles. The molecular weight excluding hydrogens is 279 g/mol. The largest absolute Gasteiger partial charge is 0.416 e. The third-order valence-corrected chi connectivity index (χ3v) is 2.98. The van der Waals surface area contributed by atoms with Crippen LogP contribution in [0.25, 0.3) is 0 Å². The van der Waals surface area contributed by atoms with Gasteiger partial charge in [-0.25, -0.2) is 4.98 Å². The maximum Gasteiger partial charge on any atom is 0.416 e. The van der Waals surface area contributed by atoms with Gasteiger partial charge in [0.25, 0.3) is 0 Å². The highest BCUT2D eigenvalue weighted by atomic mass is 19.4. The molecule has 2 rings (SSSR count). The molecule has 0 aliphatic rings. The van der Waals surface area contributed by atoms with Crippen molar-refractivity contribution in [2.45, 2.75) is 12.7 Å². The Labute approximate surface area is 121 Å².